The Morgan fingerprint density at radius 2 is 2.23 bits per heavy atom. The molecule has 1 saturated carbocycles. The van der Waals surface area contributed by atoms with Gasteiger partial charge in [-0.05, 0) is 24.1 Å². The van der Waals surface area contributed by atoms with E-state index < -0.39 is 0 Å². The smallest absolute Gasteiger partial charge is 0.140 e. The van der Waals surface area contributed by atoms with Crippen molar-refractivity contribution in [3.63, 3.8) is 0 Å². The van der Waals surface area contributed by atoms with Gasteiger partial charge in [0.2, 0.25) is 0 Å². The molecule has 68 valence electrons. The van der Waals surface area contributed by atoms with Crippen LogP contribution < -0.4 is 0 Å². The van der Waals surface area contributed by atoms with E-state index in [1.54, 1.807) is 0 Å². The lowest BCUT2D eigenvalue weighted by Gasteiger charge is -2.26. The average molecular weight is 260 g/mol. The zero-order valence-electron chi connectivity index (χ0n) is 6.89. The second-order valence-corrected chi connectivity index (χ2v) is 4.45. The lowest BCUT2D eigenvalue weighted by atomic mass is 9.79. The molecular weight excluding hydrogens is 251 g/mol. The Bertz CT molecular complexity index is 342. The maximum absolute atomic E-state index is 11.3. The number of rotatable bonds is 1. The normalized spacial score (nSPS) is 21.4. The van der Waals surface area contributed by atoms with Crippen molar-refractivity contribution in [1.82, 2.24) is 0 Å². The van der Waals surface area contributed by atoms with Gasteiger partial charge in [0, 0.05) is 21.8 Å². The summed E-state index contributed by atoms with van der Waals surface area (Å²) in [4.78, 5) is 11.3. The second-order valence-electron chi connectivity index (χ2n) is 3.19. The summed E-state index contributed by atoms with van der Waals surface area (Å²) in [6.45, 7) is 0. The molecule has 1 aromatic rings. The summed E-state index contributed by atoms with van der Waals surface area (Å²) in [7, 11) is 0. The zero-order valence-corrected chi connectivity index (χ0v) is 9.23. The van der Waals surface area contributed by atoms with Gasteiger partial charge in [-0.2, -0.15) is 0 Å². The molecule has 1 nitrogen and oxygen atoms in total. The van der Waals surface area contributed by atoms with Crippen LogP contribution in [0.5, 0.6) is 0 Å². The predicted octanol–water partition coefficient (Wildman–Crippen LogP) is 3.55. The molecule has 0 aromatic heterocycles. The molecule has 1 aliphatic rings. The SMILES string of the molecule is O=C1CCC1c1c(Cl)cccc1Br. The Balaban J connectivity index is 2.44. The molecule has 0 aliphatic heterocycles. The number of carbonyl (C=O) groups is 1. The fraction of sp³-hybridized carbons (Fsp3) is 0.300. The highest BCUT2D eigenvalue weighted by Crippen LogP contribution is 2.40. The number of Topliss-reactive ketones (excluding diaryl/α,β-unsaturated/α-hetero) is 1. The van der Waals surface area contributed by atoms with Crippen LogP contribution in [0.25, 0.3) is 0 Å². The lowest BCUT2D eigenvalue weighted by molar-refractivity contribution is -0.125. The van der Waals surface area contributed by atoms with Gasteiger partial charge in [0.25, 0.3) is 0 Å². The van der Waals surface area contributed by atoms with Crippen LogP contribution in [0.2, 0.25) is 5.02 Å². The number of halogens is 2. The van der Waals surface area contributed by atoms with Crippen molar-refractivity contribution >= 4 is 33.3 Å². The highest BCUT2D eigenvalue weighted by molar-refractivity contribution is 9.10. The first-order valence-corrected chi connectivity index (χ1v) is 5.34. The van der Waals surface area contributed by atoms with Gasteiger partial charge in [-0.25, -0.2) is 0 Å². The van der Waals surface area contributed by atoms with Crippen LogP contribution in [0.4, 0.5) is 0 Å². The topological polar surface area (TPSA) is 17.1 Å². The van der Waals surface area contributed by atoms with E-state index in [4.69, 9.17) is 11.6 Å². The van der Waals surface area contributed by atoms with Crippen molar-refractivity contribution < 1.29 is 4.79 Å². The summed E-state index contributed by atoms with van der Waals surface area (Å²) in [5, 5.41) is 0.687. The van der Waals surface area contributed by atoms with E-state index in [1.807, 2.05) is 18.2 Å². The van der Waals surface area contributed by atoms with Gasteiger partial charge in [0.15, 0.2) is 0 Å². The second kappa shape index (κ2) is 3.43. The van der Waals surface area contributed by atoms with E-state index in [2.05, 4.69) is 15.9 Å². The van der Waals surface area contributed by atoms with E-state index in [0.29, 0.717) is 17.2 Å². The largest absolute Gasteiger partial charge is 0.299 e. The highest BCUT2D eigenvalue weighted by atomic mass is 79.9. The highest BCUT2D eigenvalue weighted by Gasteiger charge is 2.32. The fourth-order valence-electron chi connectivity index (χ4n) is 1.56. The average Bonchev–Trinajstić information content (AvgIpc) is 2.09. The van der Waals surface area contributed by atoms with Crippen molar-refractivity contribution in [1.29, 1.82) is 0 Å². The van der Waals surface area contributed by atoms with Crippen molar-refractivity contribution in [2.24, 2.45) is 0 Å². The van der Waals surface area contributed by atoms with Crippen molar-refractivity contribution in [3.8, 4) is 0 Å². The Labute approximate surface area is 90.2 Å². The van der Waals surface area contributed by atoms with E-state index >= 15 is 0 Å². The molecule has 0 spiro atoms. The molecule has 0 heterocycles. The molecule has 1 fully saturated rings. The Morgan fingerprint density at radius 1 is 1.46 bits per heavy atom. The third-order valence-electron chi connectivity index (χ3n) is 2.42. The van der Waals surface area contributed by atoms with Gasteiger partial charge in [-0.3, -0.25) is 4.79 Å². The molecule has 2 rings (SSSR count). The molecule has 1 aliphatic carbocycles. The molecule has 0 N–H and O–H groups in total. The van der Waals surface area contributed by atoms with E-state index in [-0.39, 0.29) is 5.92 Å². The molecule has 1 atom stereocenters. The minimum Gasteiger partial charge on any atom is -0.299 e. The molecule has 0 bridgehead atoms. The zero-order chi connectivity index (χ0) is 9.42. The summed E-state index contributed by atoms with van der Waals surface area (Å²) in [6.07, 6.45) is 1.63. The molecule has 0 amide bonds. The lowest BCUT2D eigenvalue weighted by Crippen LogP contribution is -2.23. The van der Waals surface area contributed by atoms with Crippen molar-refractivity contribution in [2.75, 3.05) is 0 Å². The molecule has 0 radical (unpaired) electrons. The van der Waals surface area contributed by atoms with Crippen LogP contribution in [-0.2, 0) is 4.79 Å². The van der Waals surface area contributed by atoms with Gasteiger partial charge < -0.3 is 0 Å². The maximum atomic E-state index is 11.3. The van der Waals surface area contributed by atoms with Crippen molar-refractivity contribution in [3.05, 3.63) is 33.3 Å². The Kier molecular flexibility index (Phi) is 2.43. The Morgan fingerprint density at radius 3 is 2.69 bits per heavy atom. The summed E-state index contributed by atoms with van der Waals surface area (Å²) in [5.41, 5.74) is 0.959. The third-order valence-corrected chi connectivity index (χ3v) is 3.44. The van der Waals surface area contributed by atoms with Crippen LogP contribution in [0.3, 0.4) is 0 Å². The van der Waals surface area contributed by atoms with Gasteiger partial charge in [0.1, 0.15) is 5.78 Å². The summed E-state index contributed by atoms with van der Waals surface area (Å²) in [5.74, 6) is 0.330. The van der Waals surface area contributed by atoms with Gasteiger partial charge >= 0.3 is 0 Å². The number of benzene rings is 1. The summed E-state index contributed by atoms with van der Waals surface area (Å²) in [6, 6.07) is 5.62. The maximum Gasteiger partial charge on any atom is 0.140 e. The molecule has 1 aromatic carbocycles. The molecular formula is C10H8BrClO. The van der Waals surface area contributed by atoms with E-state index in [9.17, 15) is 4.79 Å². The summed E-state index contributed by atoms with van der Waals surface area (Å²) >= 11 is 9.43. The van der Waals surface area contributed by atoms with Crippen molar-refractivity contribution in [2.45, 2.75) is 18.8 Å². The number of hydrogen-bond donors (Lipinski definition) is 0. The van der Waals surface area contributed by atoms with E-state index in [0.717, 1.165) is 16.5 Å². The first-order chi connectivity index (χ1) is 6.20. The number of ketones is 1. The Hall–Kier alpha value is -0.340. The van der Waals surface area contributed by atoms with Crippen LogP contribution >= 0.6 is 27.5 Å². The molecule has 0 saturated heterocycles. The summed E-state index contributed by atoms with van der Waals surface area (Å²) < 4.78 is 0.943. The molecule has 3 heteroatoms. The first-order valence-electron chi connectivity index (χ1n) is 4.17. The standard InChI is InChI=1S/C10H8BrClO/c11-7-2-1-3-8(12)10(7)6-4-5-9(6)13/h1-3,6H,4-5H2. The monoisotopic (exact) mass is 258 g/mol. The molecule has 13 heavy (non-hydrogen) atoms. The van der Waals surface area contributed by atoms with Gasteiger partial charge in [-0.15, -0.1) is 0 Å². The number of carbonyl (C=O) groups excluding carboxylic acids is 1. The van der Waals surface area contributed by atoms with Crippen LogP contribution in [-0.4, -0.2) is 5.78 Å². The van der Waals surface area contributed by atoms with Gasteiger partial charge in [0.05, 0.1) is 0 Å². The number of hydrogen-bond acceptors (Lipinski definition) is 1. The van der Waals surface area contributed by atoms with Crippen LogP contribution in [0.15, 0.2) is 22.7 Å². The quantitative estimate of drug-likeness (QED) is 0.754. The van der Waals surface area contributed by atoms with E-state index in [1.165, 1.54) is 0 Å². The fourth-order valence-corrected chi connectivity index (χ4v) is 2.62. The van der Waals surface area contributed by atoms with Gasteiger partial charge in [-0.1, -0.05) is 33.6 Å². The minimum atomic E-state index is 0.0306. The minimum absolute atomic E-state index is 0.0306. The van der Waals surface area contributed by atoms with Crippen LogP contribution in [0, 0.1) is 0 Å². The first kappa shape index (κ1) is 9.22. The van der Waals surface area contributed by atoms with Crippen LogP contribution in [0.1, 0.15) is 24.3 Å². The third kappa shape index (κ3) is 1.53. The predicted molar refractivity (Wildman–Crippen MR) is 56.1 cm³/mol. The molecule has 1 unspecified atom stereocenters.